The molecule has 1 fully saturated rings. The van der Waals surface area contributed by atoms with E-state index in [2.05, 4.69) is 4.98 Å². The largest absolute Gasteiger partial charge is 0.459 e. The standard InChI is InChI=1S/C11H11F2NO2/c12-9-8(5-6-14-10(9)13)11(15)16-7-3-1-2-4-7/h5-7H,1-4H2. The molecule has 0 aliphatic heterocycles. The zero-order chi connectivity index (χ0) is 11.5. The molecule has 1 aromatic rings. The number of esters is 1. The molecule has 0 bridgehead atoms. The molecule has 1 aromatic heterocycles. The van der Waals surface area contributed by atoms with Gasteiger partial charge in [-0.2, -0.15) is 4.39 Å². The van der Waals surface area contributed by atoms with Gasteiger partial charge in [-0.25, -0.2) is 14.2 Å². The van der Waals surface area contributed by atoms with E-state index in [1.807, 2.05) is 0 Å². The zero-order valence-corrected chi connectivity index (χ0v) is 8.58. The molecule has 3 nitrogen and oxygen atoms in total. The first-order valence-electron chi connectivity index (χ1n) is 5.19. The second-order valence-electron chi connectivity index (χ2n) is 3.78. The molecule has 0 unspecified atom stereocenters. The zero-order valence-electron chi connectivity index (χ0n) is 8.58. The van der Waals surface area contributed by atoms with Gasteiger partial charge in [-0.05, 0) is 31.7 Å². The third-order valence-corrected chi connectivity index (χ3v) is 2.64. The third-order valence-electron chi connectivity index (χ3n) is 2.64. The van der Waals surface area contributed by atoms with E-state index in [4.69, 9.17) is 4.74 Å². The van der Waals surface area contributed by atoms with Crippen molar-refractivity contribution in [3.8, 4) is 0 Å². The van der Waals surface area contributed by atoms with E-state index in [-0.39, 0.29) is 11.7 Å². The lowest BCUT2D eigenvalue weighted by atomic mass is 10.2. The van der Waals surface area contributed by atoms with E-state index in [1.165, 1.54) is 0 Å². The second kappa shape index (κ2) is 4.55. The highest BCUT2D eigenvalue weighted by Crippen LogP contribution is 2.22. The van der Waals surface area contributed by atoms with Crippen LogP contribution in [0.25, 0.3) is 0 Å². The number of rotatable bonds is 2. The first-order chi connectivity index (χ1) is 7.68. The smallest absolute Gasteiger partial charge is 0.341 e. The molecule has 16 heavy (non-hydrogen) atoms. The Hall–Kier alpha value is -1.52. The summed E-state index contributed by atoms with van der Waals surface area (Å²) in [5.74, 6) is -3.34. The van der Waals surface area contributed by atoms with Crippen LogP contribution in [0.5, 0.6) is 0 Å². The molecule has 86 valence electrons. The molecule has 1 aliphatic rings. The molecule has 1 saturated carbocycles. The molecule has 2 rings (SSSR count). The highest BCUT2D eigenvalue weighted by molar-refractivity contribution is 5.89. The van der Waals surface area contributed by atoms with Gasteiger partial charge in [0.25, 0.3) is 0 Å². The lowest BCUT2D eigenvalue weighted by molar-refractivity contribution is 0.0311. The van der Waals surface area contributed by atoms with Crippen molar-refractivity contribution in [3.05, 3.63) is 29.6 Å². The number of pyridine rings is 1. The Kier molecular flexibility index (Phi) is 3.12. The van der Waals surface area contributed by atoms with Gasteiger partial charge in [0.05, 0.1) is 0 Å². The fourth-order valence-corrected chi connectivity index (χ4v) is 1.80. The molecular weight excluding hydrogens is 216 g/mol. The Bertz CT molecular complexity index is 403. The number of carbonyl (C=O) groups is 1. The molecule has 0 aromatic carbocycles. The van der Waals surface area contributed by atoms with Gasteiger partial charge in [0.1, 0.15) is 11.7 Å². The first-order valence-corrected chi connectivity index (χ1v) is 5.19. The van der Waals surface area contributed by atoms with Gasteiger partial charge in [0, 0.05) is 6.20 Å². The quantitative estimate of drug-likeness (QED) is 0.575. The van der Waals surface area contributed by atoms with Crippen molar-refractivity contribution < 1.29 is 18.3 Å². The van der Waals surface area contributed by atoms with Gasteiger partial charge in [-0.1, -0.05) is 0 Å². The van der Waals surface area contributed by atoms with Crippen molar-refractivity contribution in [1.29, 1.82) is 0 Å². The highest BCUT2D eigenvalue weighted by Gasteiger charge is 2.23. The number of aromatic nitrogens is 1. The topological polar surface area (TPSA) is 39.2 Å². The summed E-state index contributed by atoms with van der Waals surface area (Å²) < 4.78 is 31.0. The number of carbonyl (C=O) groups excluding carboxylic acids is 1. The lowest BCUT2D eigenvalue weighted by Gasteiger charge is -2.11. The number of hydrogen-bond acceptors (Lipinski definition) is 3. The molecule has 0 atom stereocenters. The molecule has 1 heterocycles. The van der Waals surface area contributed by atoms with Gasteiger partial charge in [-0.3, -0.25) is 0 Å². The Morgan fingerprint density at radius 2 is 2.06 bits per heavy atom. The molecule has 0 amide bonds. The summed E-state index contributed by atoms with van der Waals surface area (Å²) in [7, 11) is 0. The van der Waals surface area contributed by atoms with Crippen LogP contribution in [0.2, 0.25) is 0 Å². The number of ether oxygens (including phenoxy) is 1. The van der Waals surface area contributed by atoms with E-state index in [9.17, 15) is 13.6 Å². The predicted octanol–water partition coefficient (Wildman–Crippen LogP) is 2.46. The van der Waals surface area contributed by atoms with E-state index in [0.29, 0.717) is 0 Å². The summed E-state index contributed by atoms with van der Waals surface area (Å²) in [6.45, 7) is 0. The van der Waals surface area contributed by atoms with Crippen molar-refractivity contribution in [2.75, 3.05) is 0 Å². The third kappa shape index (κ3) is 2.18. The minimum absolute atomic E-state index is 0.164. The van der Waals surface area contributed by atoms with E-state index < -0.39 is 17.7 Å². The molecule has 0 spiro atoms. The maximum atomic E-state index is 13.2. The van der Waals surface area contributed by atoms with Gasteiger partial charge >= 0.3 is 5.97 Å². The molecular formula is C11H11F2NO2. The van der Waals surface area contributed by atoms with Gasteiger partial charge in [0.2, 0.25) is 5.95 Å². The minimum atomic E-state index is -1.28. The minimum Gasteiger partial charge on any atom is -0.459 e. The van der Waals surface area contributed by atoms with Crippen LogP contribution >= 0.6 is 0 Å². The Labute approximate surface area is 91.4 Å². The maximum absolute atomic E-state index is 13.2. The SMILES string of the molecule is O=C(OC1CCCC1)c1ccnc(F)c1F. The summed E-state index contributed by atoms with van der Waals surface area (Å²) >= 11 is 0. The lowest BCUT2D eigenvalue weighted by Crippen LogP contribution is -2.16. The van der Waals surface area contributed by atoms with Crippen LogP contribution in [-0.2, 0) is 4.74 Å². The van der Waals surface area contributed by atoms with Gasteiger partial charge in [-0.15, -0.1) is 0 Å². The number of hydrogen-bond donors (Lipinski definition) is 0. The summed E-state index contributed by atoms with van der Waals surface area (Å²) in [5.41, 5.74) is -0.389. The average molecular weight is 227 g/mol. The van der Waals surface area contributed by atoms with Crippen LogP contribution in [0, 0.1) is 11.8 Å². The van der Waals surface area contributed by atoms with Crippen molar-refractivity contribution in [2.45, 2.75) is 31.8 Å². The molecule has 5 heteroatoms. The predicted molar refractivity (Wildman–Crippen MR) is 51.8 cm³/mol. The van der Waals surface area contributed by atoms with E-state index in [1.54, 1.807) is 0 Å². The second-order valence-corrected chi connectivity index (χ2v) is 3.78. The van der Waals surface area contributed by atoms with E-state index >= 15 is 0 Å². The van der Waals surface area contributed by atoms with Crippen molar-refractivity contribution in [1.82, 2.24) is 4.98 Å². The van der Waals surface area contributed by atoms with Gasteiger partial charge in [0.15, 0.2) is 5.82 Å². The number of nitrogens with zero attached hydrogens (tertiary/aromatic N) is 1. The van der Waals surface area contributed by atoms with Crippen LogP contribution in [0.1, 0.15) is 36.0 Å². The molecule has 0 saturated heterocycles. The van der Waals surface area contributed by atoms with Crippen LogP contribution in [-0.4, -0.2) is 17.1 Å². The van der Waals surface area contributed by atoms with Crippen LogP contribution < -0.4 is 0 Å². The van der Waals surface area contributed by atoms with Crippen molar-refractivity contribution in [3.63, 3.8) is 0 Å². The Morgan fingerprint density at radius 1 is 1.38 bits per heavy atom. The fourth-order valence-electron chi connectivity index (χ4n) is 1.80. The van der Waals surface area contributed by atoms with Crippen LogP contribution in [0.15, 0.2) is 12.3 Å². The Morgan fingerprint density at radius 3 is 2.75 bits per heavy atom. The molecule has 0 N–H and O–H groups in total. The first kappa shape index (κ1) is 11.0. The number of halogens is 2. The summed E-state index contributed by atoms with van der Waals surface area (Å²) in [4.78, 5) is 14.6. The summed E-state index contributed by atoms with van der Waals surface area (Å²) in [5, 5.41) is 0. The van der Waals surface area contributed by atoms with Crippen LogP contribution in [0.3, 0.4) is 0 Å². The monoisotopic (exact) mass is 227 g/mol. The van der Waals surface area contributed by atoms with Gasteiger partial charge < -0.3 is 4.74 Å². The molecule has 0 radical (unpaired) electrons. The summed E-state index contributed by atoms with van der Waals surface area (Å²) in [6, 6.07) is 1.12. The van der Waals surface area contributed by atoms with Crippen molar-refractivity contribution >= 4 is 5.97 Å². The molecule has 1 aliphatic carbocycles. The fraction of sp³-hybridized carbons (Fsp3) is 0.455. The average Bonchev–Trinajstić information content (AvgIpc) is 2.74. The maximum Gasteiger partial charge on any atom is 0.341 e. The van der Waals surface area contributed by atoms with E-state index in [0.717, 1.165) is 37.9 Å². The normalized spacial score (nSPS) is 16.4. The van der Waals surface area contributed by atoms with Crippen molar-refractivity contribution in [2.24, 2.45) is 0 Å². The highest BCUT2D eigenvalue weighted by atomic mass is 19.2. The summed E-state index contributed by atoms with van der Waals surface area (Å²) in [6.07, 6.45) is 4.48. The Balaban J connectivity index is 2.11. The van der Waals surface area contributed by atoms with Crippen LogP contribution in [0.4, 0.5) is 8.78 Å².